The number of nitrogens with zero attached hydrogens (tertiary/aromatic N) is 2. The minimum Gasteiger partial charge on any atom is -0.436 e. The minimum absolute atomic E-state index is 0.0881. The van der Waals surface area contributed by atoms with Gasteiger partial charge in [-0.25, -0.2) is 4.98 Å². The van der Waals surface area contributed by atoms with Crippen LogP contribution in [0, 0.1) is 17.0 Å². The van der Waals surface area contributed by atoms with Crippen molar-refractivity contribution in [1.29, 1.82) is 0 Å². The van der Waals surface area contributed by atoms with Crippen LogP contribution in [-0.4, -0.2) is 20.9 Å². The van der Waals surface area contributed by atoms with Gasteiger partial charge < -0.3 is 9.73 Å². The molecule has 0 aliphatic carbocycles. The average molecular weight is 432 g/mol. The highest BCUT2D eigenvalue weighted by Crippen LogP contribution is 2.26. The number of rotatable bonds is 4. The van der Waals surface area contributed by atoms with Crippen molar-refractivity contribution < 1.29 is 14.1 Å². The Morgan fingerprint density at radius 1 is 1.10 bits per heavy atom. The molecule has 0 unspecified atom stereocenters. The maximum atomic E-state index is 12.3. The molecule has 2 N–H and O–H groups in total. The predicted molar refractivity (Wildman–Crippen MR) is 121 cm³/mol. The number of nitro groups is 1. The van der Waals surface area contributed by atoms with Crippen LogP contribution in [0.25, 0.3) is 22.6 Å². The van der Waals surface area contributed by atoms with Gasteiger partial charge in [0.25, 0.3) is 11.6 Å². The smallest absolute Gasteiger partial charge is 0.269 e. The third-order valence-corrected chi connectivity index (χ3v) is 4.68. The van der Waals surface area contributed by atoms with E-state index in [1.54, 1.807) is 18.2 Å². The molecule has 0 spiro atoms. The van der Waals surface area contributed by atoms with E-state index < -0.39 is 10.8 Å². The molecule has 9 heteroatoms. The zero-order valence-corrected chi connectivity index (χ0v) is 17.1. The zero-order chi connectivity index (χ0) is 22.0. The van der Waals surface area contributed by atoms with Gasteiger partial charge in [-0.2, -0.15) is 0 Å². The Morgan fingerprint density at radius 2 is 1.87 bits per heavy atom. The molecule has 1 heterocycles. The second-order valence-electron chi connectivity index (χ2n) is 6.78. The normalized spacial score (nSPS) is 10.6. The molecule has 1 aromatic heterocycles. The van der Waals surface area contributed by atoms with Crippen LogP contribution >= 0.6 is 12.2 Å². The van der Waals surface area contributed by atoms with Crippen molar-refractivity contribution in [2.75, 3.05) is 5.32 Å². The summed E-state index contributed by atoms with van der Waals surface area (Å²) in [6.07, 6.45) is 0. The van der Waals surface area contributed by atoms with Gasteiger partial charge in [-0.05, 0) is 61.6 Å². The molecule has 31 heavy (non-hydrogen) atoms. The number of aryl methyl sites for hydroxylation is 1. The van der Waals surface area contributed by atoms with Crippen LogP contribution < -0.4 is 10.6 Å². The van der Waals surface area contributed by atoms with Crippen molar-refractivity contribution in [3.05, 3.63) is 88.0 Å². The third-order valence-electron chi connectivity index (χ3n) is 4.48. The molecule has 4 rings (SSSR count). The summed E-state index contributed by atoms with van der Waals surface area (Å²) in [5, 5.41) is 16.3. The molecule has 0 aliphatic rings. The SMILES string of the molecule is Cc1cccc(-c2nc3cc(NC(=S)NC(=O)c4ccc([N+](=O)[O-])cc4)ccc3o2)c1. The lowest BCUT2D eigenvalue weighted by atomic mass is 10.1. The van der Waals surface area contributed by atoms with E-state index in [1.807, 2.05) is 31.2 Å². The first-order chi connectivity index (χ1) is 14.9. The first kappa shape index (κ1) is 20.2. The summed E-state index contributed by atoms with van der Waals surface area (Å²) in [5.41, 5.74) is 4.06. The lowest BCUT2D eigenvalue weighted by Crippen LogP contribution is -2.34. The number of benzene rings is 3. The van der Waals surface area contributed by atoms with Gasteiger partial charge in [0.15, 0.2) is 10.7 Å². The number of fused-ring (bicyclic) bond motifs is 1. The summed E-state index contributed by atoms with van der Waals surface area (Å²) in [5.74, 6) is 0.0431. The number of nitro benzene ring substituents is 1. The Kier molecular flexibility index (Phi) is 5.42. The number of carbonyl (C=O) groups excluding carboxylic acids is 1. The number of amides is 1. The maximum Gasteiger partial charge on any atom is 0.269 e. The largest absolute Gasteiger partial charge is 0.436 e. The summed E-state index contributed by atoms with van der Waals surface area (Å²) < 4.78 is 5.83. The Hall–Kier alpha value is -4.11. The lowest BCUT2D eigenvalue weighted by Gasteiger charge is -2.09. The highest BCUT2D eigenvalue weighted by molar-refractivity contribution is 7.80. The molecule has 0 saturated heterocycles. The van der Waals surface area contributed by atoms with E-state index in [-0.39, 0.29) is 16.4 Å². The summed E-state index contributed by atoms with van der Waals surface area (Å²) >= 11 is 5.20. The van der Waals surface area contributed by atoms with Gasteiger partial charge in [0.1, 0.15) is 5.52 Å². The van der Waals surface area contributed by atoms with Crippen molar-refractivity contribution in [3.63, 3.8) is 0 Å². The molecule has 0 aliphatic heterocycles. The van der Waals surface area contributed by atoms with Gasteiger partial charge in [-0.3, -0.25) is 20.2 Å². The molecule has 3 aromatic carbocycles. The first-order valence-corrected chi connectivity index (χ1v) is 9.64. The van der Waals surface area contributed by atoms with Crippen LogP contribution in [0.2, 0.25) is 0 Å². The maximum absolute atomic E-state index is 12.3. The van der Waals surface area contributed by atoms with Crippen molar-refractivity contribution in [3.8, 4) is 11.5 Å². The molecular weight excluding hydrogens is 416 g/mol. The average Bonchev–Trinajstić information content (AvgIpc) is 3.17. The fourth-order valence-electron chi connectivity index (χ4n) is 2.98. The molecule has 154 valence electrons. The molecule has 0 saturated carbocycles. The number of oxazole rings is 1. The van der Waals surface area contributed by atoms with Crippen LogP contribution in [0.15, 0.2) is 71.1 Å². The Bertz CT molecular complexity index is 1310. The quantitative estimate of drug-likeness (QED) is 0.270. The van der Waals surface area contributed by atoms with Gasteiger partial charge in [0.05, 0.1) is 4.92 Å². The number of non-ortho nitro benzene ring substituents is 1. The highest BCUT2D eigenvalue weighted by Gasteiger charge is 2.12. The molecule has 0 atom stereocenters. The molecule has 0 radical (unpaired) electrons. The van der Waals surface area contributed by atoms with Crippen LogP contribution in [0.3, 0.4) is 0 Å². The third kappa shape index (κ3) is 4.57. The second-order valence-corrected chi connectivity index (χ2v) is 7.19. The number of nitrogens with one attached hydrogen (secondary N) is 2. The predicted octanol–water partition coefficient (Wildman–Crippen LogP) is 4.84. The van der Waals surface area contributed by atoms with Gasteiger partial charge >= 0.3 is 0 Å². The standard InChI is InChI=1S/C22H16N4O4S/c1-13-3-2-4-15(11-13)21-24-18-12-16(7-10-19(18)30-21)23-22(31)25-20(27)14-5-8-17(9-6-14)26(28)29/h2-12H,1H3,(H2,23,25,27,31). The first-order valence-electron chi connectivity index (χ1n) is 9.23. The summed E-state index contributed by atoms with van der Waals surface area (Å²) in [7, 11) is 0. The summed E-state index contributed by atoms with van der Waals surface area (Å²) in [6, 6.07) is 18.4. The van der Waals surface area contributed by atoms with E-state index in [2.05, 4.69) is 15.6 Å². The van der Waals surface area contributed by atoms with Gasteiger partial charge in [0.2, 0.25) is 5.89 Å². The van der Waals surface area contributed by atoms with Crippen molar-refractivity contribution >= 4 is 45.7 Å². The Labute approximate surface area is 182 Å². The van der Waals surface area contributed by atoms with Crippen LogP contribution in [0.4, 0.5) is 11.4 Å². The van der Waals surface area contributed by atoms with E-state index in [9.17, 15) is 14.9 Å². The van der Waals surface area contributed by atoms with Crippen LogP contribution in [-0.2, 0) is 0 Å². The summed E-state index contributed by atoms with van der Waals surface area (Å²) in [4.78, 5) is 27.0. The molecule has 0 fully saturated rings. The number of aromatic nitrogens is 1. The fourth-order valence-corrected chi connectivity index (χ4v) is 3.19. The monoisotopic (exact) mass is 432 g/mol. The molecule has 1 amide bonds. The van der Waals surface area contributed by atoms with Gasteiger partial charge in [-0.1, -0.05) is 17.7 Å². The van der Waals surface area contributed by atoms with Crippen molar-refractivity contribution in [2.45, 2.75) is 6.92 Å². The lowest BCUT2D eigenvalue weighted by molar-refractivity contribution is -0.384. The van der Waals surface area contributed by atoms with Crippen LogP contribution in [0.5, 0.6) is 0 Å². The van der Waals surface area contributed by atoms with Crippen molar-refractivity contribution in [1.82, 2.24) is 10.3 Å². The highest BCUT2D eigenvalue weighted by atomic mass is 32.1. The Balaban J connectivity index is 1.45. The number of hydrogen-bond donors (Lipinski definition) is 2. The summed E-state index contributed by atoms with van der Waals surface area (Å²) in [6.45, 7) is 2.00. The topological polar surface area (TPSA) is 110 Å². The van der Waals surface area contributed by atoms with Gasteiger partial charge in [0, 0.05) is 28.9 Å². The minimum atomic E-state index is -0.529. The van der Waals surface area contributed by atoms with E-state index in [0.717, 1.165) is 11.1 Å². The number of hydrogen-bond acceptors (Lipinski definition) is 6. The number of carbonyl (C=O) groups is 1. The molecular formula is C22H16N4O4S. The fraction of sp³-hybridized carbons (Fsp3) is 0.0455. The van der Waals surface area contributed by atoms with Crippen LogP contribution in [0.1, 0.15) is 15.9 Å². The second kappa shape index (κ2) is 8.33. The molecule has 8 nitrogen and oxygen atoms in total. The molecule has 4 aromatic rings. The Morgan fingerprint density at radius 3 is 2.58 bits per heavy atom. The van der Waals surface area contributed by atoms with E-state index >= 15 is 0 Å². The zero-order valence-electron chi connectivity index (χ0n) is 16.3. The van der Waals surface area contributed by atoms with E-state index in [0.29, 0.717) is 22.7 Å². The van der Waals surface area contributed by atoms with Gasteiger partial charge in [-0.15, -0.1) is 0 Å². The van der Waals surface area contributed by atoms with E-state index in [1.165, 1.54) is 24.3 Å². The molecule has 0 bridgehead atoms. The number of anilines is 1. The van der Waals surface area contributed by atoms with Crippen molar-refractivity contribution in [2.24, 2.45) is 0 Å². The van der Waals surface area contributed by atoms with E-state index in [4.69, 9.17) is 16.6 Å². The number of thiocarbonyl (C=S) groups is 1.